The zero-order valence-corrected chi connectivity index (χ0v) is 13.1. The van der Waals surface area contributed by atoms with Gasteiger partial charge in [-0.05, 0) is 30.2 Å². The number of carbonyl (C=O) groups excluding carboxylic acids is 1. The fourth-order valence-corrected chi connectivity index (χ4v) is 1.97. The average molecular weight is 343 g/mol. The molecule has 0 aromatic heterocycles. The lowest BCUT2D eigenvalue weighted by molar-refractivity contribution is -0.140. The molecule has 1 aromatic carbocycles. The van der Waals surface area contributed by atoms with E-state index in [0.717, 1.165) is 10.9 Å². The summed E-state index contributed by atoms with van der Waals surface area (Å²) >= 11 is 3.31. The van der Waals surface area contributed by atoms with E-state index in [9.17, 15) is 9.59 Å². The molecule has 6 heteroatoms. The molecule has 1 amide bonds. The van der Waals surface area contributed by atoms with Crippen molar-refractivity contribution < 1.29 is 14.7 Å². The topological polar surface area (TPSA) is 78.4 Å². The van der Waals surface area contributed by atoms with Crippen molar-refractivity contribution in [2.75, 3.05) is 11.9 Å². The Hall–Kier alpha value is -1.40. The predicted molar refractivity (Wildman–Crippen MR) is 81.7 cm³/mol. The quantitative estimate of drug-likeness (QED) is 0.711. The summed E-state index contributed by atoms with van der Waals surface area (Å²) in [5.74, 6) is -1.23. The smallest absolute Gasteiger partial charge is 0.320 e. The number of hydrogen-bond donors (Lipinski definition) is 3. The molecule has 2 atom stereocenters. The van der Waals surface area contributed by atoms with E-state index >= 15 is 0 Å². The van der Waals surface area contributed by atoms with Gasteiger partial charge in [-0.3, -0.25) is 14.9 Å². The lowest BCUT2D eigenvalue weighted by Crippen LogP contribution is -2.45. The molecule has 0 saturated heterocycles. The number of carboxylic acid groups (broad SMARTS) is 1. The highest BCUT2D eigenvalue weighted by atomic mass is 79.9. The first-order valence-electron chi connectivity index (χ1n) is 6.45. The molecule has 0 heterocycles. The van der Waals surface area contributed by atoms with Crippen LogP contribution in [0.4, 0.5) is 5.69 Å². The SMILES string of the molecule is CC[C@H](C)[C@H](NCC(=O)Nc1ccc(Br)cc1)C(=O)O. The van der Waals surface area contributed by atoms with Crippen molar-refractivity contribution in [2.45, 2.75) is 26.3 Å². The van der Waals surface area contributed by atoms with Crippen LogP contribution in [0, 0.1) is 5.92 Å². The van der Waals surface area contributed by atoms with Crippen LogP contribution in [0.3, 0.4) is 0 Å². The van der Waals surface area contributed by atoms with Gasteiger partial charge in [0.15, 0.2) is 0 Å². The van der Waals surface area contributed by atoms with Crippen molar-refractivity contribution in [1.29, 1.82) is 0 Å². The molecule has 0 radical (unpaired) electrons. The molecule has 0 saturated carbocycles. The first-order valence-corrected chi connectivity index (χ1v) is 7.25. The van der Waals surface area contributed by atoms with Gasteiger partial charge in [0.2, 0.25) is 5.91 Å². The molecular formula is C14H19BrN2O3. The highest BCUT2D eigenvalue weighted by molar-refractivity contribution is 9.10. The maximum absolute atomic E-state index is 11.8. The normalized spacial score (nSPS) is 13.6. The minimum absolute atomic E-state index is 0.0304. The van der Waals surface area contributed by atoms with E-state index in [0.29, 0.717) is 5.69 Å². The Labute approximate surface area is 126 Å². The molecule has 0 aliphatic carbocycles. The monoisotopic (exact) mass is 342 g/mol. The van der Waals surface area contributed by atoms with Gasteiger partial charge in [-0.15, -0.1) is 0 Å². The number of aliphatic carboxylic acids is 1. The van der Waals surface area contributed by atoms with Crippen molar-refractivity contribution >= 4 is 33.5 Å². The molecule has 1 rings (SSSR count). The number of rotatable bonds is 7. The number of benzene rings is 1. The van der Waals surface area contributed by atoms with Crippen LogP contribution in [0.1, 0.15) is 20.3 Å². The average Bonchev–Trinajstić information content (AvgIpc) is 2.41. The van der Waals surface area contributed by atoms with Gasteiger partial charge in [-0.1, -0.05) is 36.2 Å². The van der Waals surface area contributed by atoms with Crippen molar-refractivity contribution in [2.24, 2.45) is 5.92 Å². The summed E-state index contributed by atoms with van der Waals surface area (Å²) in [4.78, 5) is 22.9. The molecular weight excluding hydrogens is 324 g/mol. The summed E-state index contributed by atoms with van der Waals surface area (Å²) in [5, 5.41) is 14.6. The van der Waals surface area contributed by atoms with Crippen LogP contribution < -0.4 is 10.6 Å². The molecule has 1 aromatic rings. The van der Waals surface area contributed by atoms with Crippen LogP contribution in [0.5, 0.6) is 0 Å². The number of carbonyl (C=O) groups is 2. The van der Waals surface area contributed by atoms with Crippen LogP contribution in [-0.2, 0) is 9.59 Å². The lowest BCUT2D eigenvalue weighted by atomic mass is 9.99. The Morgan fingerprint density at radius 3 is 2.40 bits per heavy atom. The van der Waals surface area contributed by atoms with E-state index in [1.807, 2.05) is 26.0 Å². The molecule has 20 heavy (non-hydrogen) atoms. The Bertz CT molecular complexity index is 462. The third-order valence-corrected chi connectivity index (χ3v) is 3.62. The van der Waals surface area contributed by atoms with E-state index in [2.05, 4.69) is 26.6 Å². The van der Waals surface area contributed by atoms with Crippen molar-refractivity contribution in [3.8, 4) is 0 Å². The van der Waals surface area contributed by atoms with Gasteiger partial charge < -0.3 is 10.4 Å². The highest BCUT2D eigenvalue weighted by Gasteiger charge is 2.23. The van der Waals surface area contributed by atoms with E-state index in [-0.39, 0.29) is 18.4 Å². The first kappa shape index (κ1) is 16.7. The Balaban J connectivity index is 2.49. The number of halogens is 1. The molecule has 0 bridgehead atoms. The van der Waals surface area contributed by atoms with E-state index in [4.69, 9.17) is 5.11 Å². The summed E-state index contributed by atoms with van der Waals surface area (Å²) in [7, 11) is 0. The van der Waals surface area contributed by atoms with E-state index in [1.54, 1.807) is 12.1 Å². The van der Waals surface area contributed by atoms with E-state index in [1.165, 1.54) is 0 Å². The van der Waals surface area contributed by atoms with Gasteiger partial charge in [-0.2, -0.15) is 0 Å². The van der Waals surface area contributed by atoms with Crippen LogP contribution in [0.15, 0.2) is 28.7 Å². The fourth-order valence-electron chi connectivity index (χ4n) is 1.71. The largest absolute Gasteiger partial charge is 0.480 e. The Kier molecular flexibility index (Phi) is 6.67. The third-order valence-electron chi connectivity index (χ3n) is 3.09. The predicted octanol–water partition coefficient (Wildman–Crippen LogP) is 2.48. The second kappa shape index (κ2) is 8.01. The molecule has 110 valence electrons. The molecule has 0 aliphatic rings. The zero-order valence-electron chi connectivity index (χ0n) is 11.5. The van der Waals surface area contributed by atoms with Crippen LogP contribution in [0.2, 0.25) is 0 Å². The fraction of sp³-hybridized carbons (Fsp3) is 0.429. The van der Waals surface area contributed by atoms with Gasteiger partial charge in [0.05, 0.1) is 6.54 Å². The van der Waals surface area contributed by atoms with Gasteiger partial charge in [0, 0.05) is 10.2 Å². The molecule has 5 nitrogen and oxygen atoms in total. The number of anilines is 1. The molecule has 0 fully saturated rings. The van der Waals surface area contributed by atoms with Crippen molar-refractivity contribution in [3.05, 3.63) is 28.7 Å². The van der Waals surface area contributed by atoms with Crippen molar-refractivity contribution in [3.63, 3.8) is 0 Å². The molecule has 0 unspecified atom stereocenters. The van der Waals surface area contributed by atoms with Crippen LogP contribution in [-0.4, -0.2) is 29.6 Å². The summed E-state index contributed by atoms with van der Waals surface area (Å²) in [6.45, 7) is 3.74. The minimum atomic E-state index is -0.934. The van der Waals surface area contributed by atoms with Gasteiger partial charge in [0.25, 0.3) is 0 Å². The van der Waals surface area contributed by atoms with Crippen molar-refractivity contribution in [1.82, 2.24) is 5.32 Å². The lowest BCUT2D eigenvalue weighted by Gasteiger charge is -2.19. The second-order valence-corrected chi connectivity index (χ2v) is 5.55. The molecule has 3 N–H and O–H groups in total. The van der Waals surface area contributed by atoms with Gasteiger partial charge in [0.1, 0.15) is 6.04 Å². The zero-order chi connectivity index (χ0) is 15.1. The number of carboxylic acids is 1. The molecule has 0 aliphatic heterocycles. The molecule has 0 spiro atoms. The summed E-state index contributed by atoms with van der Waals surface area (Å²) < 4.78 is 0.927. The Morgan fingerprint density at radius 1 is 1.30 bits per heavy atom. The maximum atomic E-state index is 11.8. The van der Waals surface area contributed by atoms with Gasteiger partial charge >= 0.3 is 5.97 Å². The second-order valence-electron chi connectivity index (χ2n) is 4.64. The highest BCUT2D eigenvalue weighted by Crippen LogP contribution is 2.14. The maximum Gasteiger partial charge on any atom is 0.320 e. The number of hydrogen-bond acceptors (Lipinski definition) is 3. The van der Waals surface area contributed by atoms with E-state index < -0.39 is 12.0 Å². The van der Waals surface area contributed by atoms with Crippen LogP contribution >= 0.6 is 15.9 Å². The Morgan fingerprint density at radius 2 is 1.90 bits per heavy atom. The number of amides is 1. The summed E-state index contributed by atoms with van der Waals surface area (Å²) in [5.41, 5.74) is 0.676. The van der Waals surface area contributed by atoms with Gasteiger partial charge in [-0.25, -0.2) is 0 Å². The van der Waals surface area contributed by atoms with Crippen LogP contribution in [0.25, 0.3) is 0 Å². The summed E-state index contributed by atoms with van der Waals surface area (Å²) in [6.07, 6.45) is 0.734. The number of nitrogens with one attached hydrogen (secondary N) is 2. The standard InChI is InChI=1S/C14H19BrN2O3/c1-3-9(2)13(14(19)20)16-8-12(18)17-11-6-4-10(15)5-7-11/h4-7,9,13,16H,3,8H2,1-2H3,(H,17,18)(H,19,20)/t9-,13-/m0/s1. The third kappa shape index (κ3) is 5.30. The summed E-state index contributed by atoms with van der Waals surface area (Å²) in [6, 6.07) is 6.47. The first-order chi connectivity index (χ1) is 9.43. The minimum Gasteiger partial charge on any atom is -0.480 e.